The topological polar surface area (TPSA) is 100 Å². The van der Waals surface area contributed by atoms with Crippen LogP contribution in [0.25, 0.3) is 0 Å². The van der Waals surface area contributed by atoms with Crippen LogP contribution >= 0.6 is 0 Å². The number of aryl methyl sites for hydroxylation is 1. The molecule has 0 fully saturated rings. The van der Waals surface area contributed by atoms with E-state index in [0.717, 1.165) is 0 Å². The zero-order valence-electron chi connectivity index (χ0n) is 12.7. The summed E-state index contributed by atoms with van der Waals surface area (Å²) in [4.78, 5) is 34.8. The minimum atomic E-state index is -0.497. The van der Waals surface area contributed by atoms with Crippen molar-refractivity contribution in [3.63, 3.8) is 0 Å². The van der Waals surface area contributed by atoms with E-state index in [0.29, 0.717) is 11.3 Å². The van der Waals surface area contributed by atoms with E-state index >= 15 is 0 Å². The molecule has 1 aromatic heterocycles. The highest BCUT2D eigenvalue weighted by Gasteiger charge is 2.20. The summed E-state index contributed by atoms with van der Waals surface area (Å²) in [6.45, 7) is 7.23. The molecule has 116 valence electrons. The Morgan fingerprint density at radius 2 is 1.86 bits per heavy atom. The quantitative estimate of drug-likeness (QED) is 0.718. The third-order valence-corrected chi connectivity index (χ3v) is 2.74. The molecule has 21 heavy (non-hydrogen) atoms. The van der Waals surface area contributed by atoms with Crippen LogP contribution in [0.3, 0.4) is 0 Å². The number of hydrogen-bond donors (Lipinski definition) is 3. The Morgan fingerprint density at radius 1 is 1.19 bits per heavy atom. The van der Waals surface area contributed by atoms with Crippen LogP contribution in [-0.4, -0.2) is 24.3 Å². The van der Waals surface area contributed by atoms with Crippen LogP contribution in [0.4, 0.5) is 0 Å². The first-order valence-electron chi connectivity index (χ1n) is 6.63. The monoisotopic (exact) mass is 295 g/mol. The van der Waals surface area contributed by atoms with Crippen LogP contribution in [-0.2, 0) is 9.59 Å². The number of carbonyl (C=O) groups excluding carboxylic acids is 3. The molecule has 0 radical (unpaired) electrons. The van der Waals surface area contributed by atoms with Crippen LogP contribution < -0.4 is 16.2 Å². The van der Waals surface area contributed by atoms with Gasteiger partial charge in [-0.2, -0.15) is 0 Å². The van der Waals surface area contributed by atoms with Gasteiger partial charge in [-0.25, -0.2) is 0 Å². The molecule has 0 aromatic carbocycles. The highest BCUT2D eigenvalue weighted by molar-refractivity contribution is 5.96. The first kappa shape index (κ1) is 16.7. The Balaban J connectivity index is 2.28. The van der Waals surface area contributed by atoms with Gasteiger partial charge in [-0.1, -0.05) is 20.8 Å². The molecular weight excluding hydrogens is 274 g/mol. The average Bonchev–Trinajstić information content (AvgIpc) is 2.81. The van der Waals surface area contributed by atoms with E-state index in [-0.39, 0.29) is 18.9 Å². The second kappa shape index (κ2) is 6.92. The highest BCUT2D eigenvalue weighted by atomic mass is 16.3. The van der Waals surface area contributed by atoms with Crippen molar-refractivity contribution in [2.75, 3.05) is 6.54 Å². The van der Waals surface area contributed by atoms with Gasteiger partial charge in [0.1, 0.15) is 5.76 Å². The van der Waals surface area contributed by atoms with E-state index in [4.69, 9.17) is 4.42 Å². The van der Waals surface area contributed by atoms with Gasteiger partial charge in [0.2, 0.25) is 11.8 Å². The minimum Gasteiger partial charge on any atom is -0.469 e. The molecular formula is C14H21N3O4. The lowest BCUT2D eigenvalue weighted by Crippen LogP contribution is -2.43. The molecule has 0 saturated carbocycles. The van der Waals surface area contributed by atoms with Gasteiger partial charge in [0.05, 0.1) is 11.8 Å². The van der Waals surface area contributed by atoms with Gasteiger partial charge in [0.25, 0.3) is 5.91 Å². The van der Waals surface area contributed by atoms with Crippen LogP contribution in [0, 0.1) is 12.3 Å². The maximum atomic E-state index is 11.7. The lowest BCUT2D eigenvalue weighted by atomic mass is 9.96. The fourth-order valence-electron chi connectivity index (χ4n) is 1.43. The van der Waals surface area contributed by atoms with E-state index in [1.807, 2.05) is 0 Å². The van der Waals surface area contributed by atoms with Gasteiger partial charge in [-0.15, -0.1) is 0 Å². The first-order valence-corrected chi connectivity index (χ1v) is 6.63. The Bertz CT molecular complexity index is 529. The number of hydrazine groups is 1. The van der Waals surface area contributed by atoms with Gasteiger partial charge in [0.15, 0.2) is 0 Å². The molecule has 0 aliphatic carbocycles. The Labute approximate surface area is 123 Å². The molecule has 1 aromatic rings. The van der Waals surface area contributed by atoms with Gasteiger partial charge in [-0.05, 0) is 13.0 Å². The van der Waals surface area contributed by atoms with E-state index in [1.54, 1.807) is 27.7 Å². The van der Waals surface area contributed by atoms with Crippen molar-refractivity contribution in [1.82, 2.24) is 16.2 Å². The molecule has 0 spiro atoms. The summed E-state index contributed by atoms with van der Waals surface area (Å²) in [5.41, 5.74) is 4.42. The largest absolute Gasteiger partial charge is 0.469 e. The number of nitrogens with one attached hydrogen (secondary N) is 3. The van der Waals surface area contributed by atoms with E-state index < -0.39 is 17.2 Å². The van der Waals surface area contributed by atoms with Crippen molar-refractivity contribution in [2.45, 2.75) is 34.1 Å². The summed E-state index contributed by atoms with van der Waals surface area (Å²) < 4.78 is 4.99. The predicted octanol–water partition coefficient (Wildman–Crippen LogP) is 0.901. The Kier molecular flexibility index (Phi) is 5.52. The SMILES string of the molecule is Cc1occc1C(=O)NNC(=O)CCNC(=O)C(C)(C)C. The summed E-state index contributed by atoms with van der Waals surface area (Å²) >= 11 is 0. The van der Waals surface area contributed by atoms with Crippen molar-refractivity contribution >= 4 is 17.7 Å². The molecule has 7 heteroatoms. The Morgan fingerprint density at radius 3 is 2.38 bits per heavy atom. The fraction of sp³-hybridized carbons (Fsp3) is 0.500. The molecule has 1 heterocycles. The van der Waals surface area contributed by atoms with Crippen LogP contribution in [0.5, 0.6) is 0 Å². The third-order valence-electron chi connectivity index (χ3n) is 2.74. The summed E-state index contributed by atoms with van der Waals surface area (Å²) in [5.74, 6) is -0.500. The molecule has 3 N–H and O–H groups in total. The van der Waals surface area contributed by atoms with Crippen molar-refractivity contribution in [3.05, 3.63) is 23.7 Å². The van der Waals surface area contributed by atoms with Crippen molar-refractivity contribution in [2.24, 2.45) is 5.41 Å². The summed E-state index contributed by atoms with van der Waals surface area (Å²) in [6.07, 6.45) is 1.47. The first-order chi connectivity index (χ1) is 9.71. The lowest BCUT2D eigenvalue weighted by Gasteiger charge is -2.17. The number of rotatable bonds is 4. The Hall–Kier alpha value is -2.31. The van der Waals surface area contributed by atoms with Gasteiger partial charge in [0, 0.05) is 18.4 Å². The zero-order chi connectivity index (χ0) is 16.0. The highest BCUT2D eigenvalue weighted by Crippen LogP contribution is 2.12. The zero-order valence-corrected chi connectivity index (χ0v) is 12.7. The predicted molar refractivity (Wildman–Crippen MR) is 76.1 cm³/mol. The molecule has 0 bridgehead atoms. The lowest BCUT2D eigenvalue weighted by molar-refractivity contribution is -0.128. The van der Waals surface area contributed by atoms with E-state index in [9.17, 15) is 14.4 Å². The number of furan rings is 1. The van der Waals surface area contributed by atoms with E-state index in [2.05, 4.69) is 16.2 Å². The number of amides is 3. The van der Waals surface area contributed by atoms with Crippen LogP contribution in [0.2, 0.25) is 0 Å². The second-order valence-corrected chi connectivity index (χ2v) is 5.65. The normalized spacial score (nSPS) is 10.9. The van der Waals surface area contributed by atoms with Crippen molar-refractivity contribution < 1.29 is 18.8 Å². The van der Waals surface area contributed by atoms with Crippen LogP contribution in [0.15, 0.2) is 16.7 Å². The summed E-state index contributed by atoms with van der Waals surface area (Å²) in [5, 5.41) is 2.65. The molecule has 0 atom stereocenters. The molecule has 0 aliphatic heterocycles. The van der Waals surface area contributed by atoms with E-state index in [1.165, 1.54) is 12.3 Å². The standard InChI is InChI=1S/C14H21N3O4/c1-9-10(6-8-21-9)12(19)17-16-11(18)5-7-15-13(20)14(2,3)4/h6,8H,5,7H2,1-4H3,(H,15,20)(H,16,18)(H,17,19). The summed E-state index contributed by atoms with van der Waals surface area (Å²) in [6, 6.07) is 1.51. The van der Waals surface area contributed by atoms with Gasteiger partial charge >= 0.3 is 0 Å². The molecule has 0 saturated heterocycles. The third kappa shape index (κ3) is 5.29. The fourth-order valence-corrected chi connectivity index (χ4v) is 1.43. The molecule has 1 rings (SSSR count). The average molecular weight is 295 g/mol. The molecule has 7 nitrogen and oxygen atoms in total. The second-order valence-electron chi connectivity index (χ2n) is 5.65. The van der Waals surface area contributed by atoms with Crippen LogP contribution in [0.1, 0.15) is 43.3 Å². The van der Waals surface area contributed by atoms with Gasteiger partial charge in [-0.3, -0.25) is 25.2 Å². The van der Waals surface area contributed by atoms with Gasteiger partial charge < -0.3 is 9.73 Å². The molecule has 0 unspecified atom stereocenters. The molecule has 3 amide bonds. The maximum absolute atomic E-state index is 11.7. The molecule has 0 aliphatic rings. The minimum absolute atomic E-state index is 0.0759. The smallest absolute Gasteiger partial charge is 0.273 e. The van der Waals surface area contributed by atoms with Crippen molar-refractivity contribution in [3.8, 4) is 0 Å². The maximum Gasteiger partial charge on any atom is 0.273 e. The summed E-state index contributed by atoms with van der Waals surface area (Å²) in [7, 11) is 0. The number of hydrogen-bond acceptors (Lipinski definition) is 4. The number of carbonyl (C=O) groups is 3. The van der Waals surface area contributed by atoms with Crippen molar-refractivity contribution in [1.29, 1.82) is 0 Å².